The molecule has 2 aromatic rings. The van der Waals surface area contributed by atoms with Crippen molar-refractivity contribution in [1.82, 2.24) is 0 Å². The second-order valence-corrected chi connectivity index (χ2v) is 4.83. The van der Waals surface area contributed by atoms with Gasteiger partial charge in [-0.3, -0.25) is 0 Å². The third-order valence-corrected chi connectivity index (χ3v) is 3.63. The van der Waals surface area contributed by atoms with E-state index in [4.69, 9.17) is 0 Å². The number of benzene rings is 2. The lowest BCUT2D eigenvalue weighted by molar-refractivity contribution is 1.08. The Morgan fingerprint density at radius 2 is 1.56 bits per heavy atom. The van der Waals surface area contributed by atoms with Crippen LogP contribution in [0.3, 0.4) is 0 Å². The summed E-state index contributed by atoms with van der Waals surface area (Å²) in [6, 6.07) is 14.2. The van der Waals surface area contributed by atoms with Gasteiger partial charge in [-0.15, -0.1) is 0 Å². The molecular formula is C18H21. The van der Waals surface area contributed by atoms with Gasteiger partial charge in [0, 0.05) is 0 Å². The fraction of sp³-hybridized carbons (Fsp3) is 0.333. The normalized spacial score (nSPS) is 10.7. The number of hydrogen-bond acceptors (Lipinski definition) is 0. The van der Waals surface area contributed by atoms with Crippen LogP contribution >= 0.6 is 0 Å². The summed E-state index contributed by atoms with van der Waals surface area (Å²) in [4.78, 5) is 0. The average molecular weight is 237 g/mol. The fourth-order valence-corrected chi connectivity index (χ4v) is 2.69. The zero-order valence-corrected chi connectivity index (χ0v) is 11.8. The highest BCUT2D eigenvalue weighted by atomic mass is 14.2. The van der Waals surface area contributed by atoms with Gasteiger partial charge in [-0.25, -0.2) is 0 Å². The summed E-state index contributed by atoms with van der Waals surface area (Å²) in [7, 11) is 0. The molecule has 2 aromatic carbocycles. The predicted molar refractivity (Wildman–Crippen MR) is 78.9 cm³/mol. The summed E-state index contributed by atoms with van der Waals surface area (Å²) in [6.45, 7) is 8.84. The van der Waals surface area contributed by atoms with E-state index in [1.807, 2.05) is 0 Å². The van der Waals surface area contributed by atoms with Gasteiger partial charge in [-0.1, -0.05) is 44.2 Å². The van der Waals surface area contributed by atoms with Crippen molar-refractivity contribution in [3.63, 3.8) is 0 Å². The molecule has 0 spiro atoms. The molecule has 0 heterocycles. The fourth-order valence-electron chi connectivity index (χ4n) is 2.69. The molecule has 2 rings (SSSR count). The molecule has 0 aromatic heterocycles. The number of aryl methyl sites for hydroxylation is 4. The molecule has 0 aliphatic carbocycles. The van der Waals surface area contributed by atoms with Crippen LogP contribution in [-0.2, 0) is 12.8 Å². The van der Waals surface area contributed by atoms with Crippen molar-refractivity contribution in [2.24, 2.45) is 0 Å². The molecule has 0 unspecified atom stereocenters. The van der Waals surface area contributed by atoms with Gasteiger partial charge in [0.05, 0.1) is 0 Å². The lowest BCUT2D eigenvalue weighted by Gasteiger charge is -2.17. The third kappa shape index (κ3) is 2.20. The van der Waals surface area contributed by atoms with Crippen LogP contribution in [0.1, 0.15) is 36.1 Å². The Balaban J connectivity index is 2.77. The van der Waals surface area contributed by atoms with E-state index in [-0.39, 0.29) is 0 Å². The number of hydrogen-bond donors (Lipinski definition) is 0. The van der Waals surface area contributed by atoms with Gasteiger partial charge in [-0.2, -0.15) is 0 Å². The van der Waals surface area contributed by atoms with Crippen LogP contribution in [0.25, 0.3) is 11.1 Å². The maximum absolute atomic E-state index is 3.41. The van der Waals surface area contributed by atoms with Gasteiger partial charge >= 0.3 is 0 Å². The summed E-state index contributed by atoms with van der Waals surface area (Å²) < 4.78 is 0. The maximum Gasteiger partial charge on any atom is -0.0108 e. The molecule has 0 fully saturated rings. The Morgan fingerprint density at radius 1 is 0.889 bits per heavy atom. The van der Waals surface area contributed by atoms with Gasteiger partial charge < -0.3 is 0 Å². The molecular weight excluding hydrogens is 216 g/mol. The predicted octanol–water partition coefficient (Wildman–Crippen LogP) is 4.90. The molecule has 0 heteroatoms. The van der Waals surface area contributed by atoms with Crippen molar-refractivity contribution in [3.8, 4) is 11.1 Å². The minimum atomic E-state index is 1.04. The summed E-state index contributed by atoms with van der Waals surface area (Å²) in [5.41, 5.74) is 8.31. The SMILES string of the molecule is CCc1[c]ccc(CC)c1-c1c(C)cccc1C. The summed E-state index contributed by atoms with van der Waals surface area (Å²) in [5, 5.41) is 0. The molecule has 0 saturated heterocycles. The molecule has 0 aliphatic heterocycles. The standard InChI is InChI=1S/C18H21/c1-5-15-11-8-12-16(6-2)18(15)17-13(3)9-7-10-14(17)4/h7-11H,5-6H2,1-4H3. The topological polar surface area (TPSA) is 0 Å². The third-order valence-electron chi connectivity index (χ3n) is 3.63. The highest BCUT2D eigenvalue weighted by Gasteiger charge is 2.12. The first-order chi connectivity index (χ1) is 8.69. The molecule has 0 aliphatic rings. The molecule has 0 nitrogen and oxygen atoms in total. The Hall–Kier alpha value is -1.56. The maximum atomic E-state index is 3.41. The minimum Gasteiger partial charge on any atom is -0.0617 e. The first-order valence-corrected chi connectivity index (χ1v) is 6.78. The molecule has 93 valence electrons. The van der Waals surface area contributed by atoms with Crippen molar-refractivity contribution in [2.45, 2.75) is 40.5 Å². The molecule has 1 radical (unpaired) electrons. The number of rotatable bonds is 3. The van der Waals surface area contributed by atoms with E-state index in [0.717, 1.165) is 12.8 Å². The molecule has 0 saturated carbocycles. The zero-order valence-electron chi connectivity index (χ0n) is 11.8. The molecule has 18 heavy (non-hydrogen) atoms. The zero-order chi connectivity index (χ0) is 13.1. The van der Waals surface area contributed by atoms with Crippen molar-refractivity contribution in [3.05, 3.63) is 58.7 Å². The quantitative estimate of drug-likeness (QED) is 0.712. The Bertz CT molecular complexity index is 507. The lowest BCUT2D eigenvalue weighted by Crippen LogP contribution is -1.98. The van der Waals surface area contributed by atoms with E-state index < -0.39 is 0 Å². The van der Waals surface area contributed by atoms with Gasteiger partial charge in [0.2, 0.25) is 0 Å². The largest absolute Gasteiger partial charge is 0.0617 e. The van der Waals surface area contributed by atoms with E-state index in [2.05, 4.69) is 64.1 Å². The average Bonchev–Trinajstić information content (AvgIpc) is 2.38. The molecule has 0 amide bonds. The molecule has 0 N–H and O–H groups in total. The summed E-state index contributed by atoms with van der Waals surface area (Å²) in [6.07, 6.45) is 2.11. The van der Waals surface area contributed by atoms with Crippen LogP contribution < -0.4 is 0 Å². The van der Waals surface area contributed by atoms with Crippen molar-refractivity contribution in [1.29, 1.82) is 0 Å². The minimum absolute atomic E-state index is 1.04. The Labute approximate surface area is 111 Å². The molecule has 0 bridgehead atoms. The Morgan fingerprint density at radius 3 is 2.11 bits per heavy atom. The second-order valence-electron chi connectivity index (χ2n) is 4.83. The Kier molecular flexibility index (Phi) is 3.86. The van der Waals surface area contributed by atoms with Crippen LogP contribution in [-0.4, -0.2) is 0 Å². The van der Waals surface area contributed by atoms with E-state index in [1.165, 1.54) is 33.4 Å². The van der Waals surface area contributed by atoms with Crippen molar-refractivity contribution >= 4 is 0 Å². The lowest BCUT2D eigenvalue weighted by atomic mass is 9.87. The van der Waals surface area contributed by atoms with Crippen LogP contribution in [0.5, 0.6) is 0 Å². The van der Waals surface area contributed by atoms with Crippen molar-refractivity contribution in [2.75, 3.05) is 0 Å². The van der Waals surface area contributed by atoms with Crippen LogP contribution in [0.2, 0.25) is 0 Å². The van der Waals surface area contributed by atoms with Gasteiger partial charge in [0.15, 0.2) is 0 Å². The first-order valence-electron chi connectivity index (χ1n) is 6.78. The van der Waals surface area contributed by atoms with Gasteiger partial charge in [-0.05, 0) is 66.1 Å². The smallest absolute Gasteiger partial charge is 0.0108 e. The van der Waals surface area contributed by atoms with E-state index in [0.29, 0.717) is 0 Å². The van der Waals surface area contributed by atoms with Crippen LogP contribution in [0, 0.1) is 19.9 Å². The van der Waals surface area contributed by atoms with E-state index in [1.54, 1.807) is 0 Å². The van der Waals surface area contributed by atoms with E-state index >= 15 is 0 Å². The van der Waals surface area contributed by atoms with Crippen LogP contribution in [0.15, 0.2) is 30.3 Å². The first kappa shape index (κ1) is 12.9. The highest BCUT2D eigenvalue weighted by molar-refractivity contribution is 5.76. The summed E-state index contributed by atoms with van der Waals surface area (Å²) in [5.74, 6) is 0. The van der Waals surface area contributed by atoms with Crippen LogP contribution in [0.4, 0.5) is 0 Å². The van der Waals surface area contributed by atoms with E-state index in [9.17, 15) is 0 Å². The monoisotopic (exact) mass is 237 g/mol. The second kappa shape index (κ2) is 5.39. The summed E-state index contributed by atoms with van der Waals surface area (Å²) >= 11 is 0. The van der Waals surface area contributed by atoms with Gasteiger partial charge in [0.1, 0.15) is 0 Å². The molecule has 0 atom stereocenters. The van der Waals surface area contributed by atoms with Crippen molar-refractivity contribution < 1.29 is 0 Å². The highest BCUT2D eigenvalue weighted by Crippen LogP contribution is 2.33. The van der Waals surface area contributed by atoms with Gasteiger partial charge in [0.25, 0.3) is 0 Å².